The monoisotopic (exact) mass is 279 g/mol. The first-order valence-electron chi connectivity index (χ1n) is 6.98. The van der Waals surface area contributed by atoms with Crippen LogP contribution >= 0.6 is 0 Å². The Morgan fingerprint density at radius 3 is 2.50 bits per heavy atom. The summed E-state index contributed by atoms with van der Waals surface area (Å²) < 4.78 is 10.8. The topological polar surface area (TPSA) is 47.6 Å². The van der Waals surface area contributed by atoms with E-state index >= 15 is 0 Å². The Morgan fingerprint density at radius 2 is 1.90 bits per heavy atom. The van der Waals surface area contributed by atoms with Crippen molar-refractivity contribution in [3.63, 3.8) is 0 Å². The van der Waals surface area contributed by atoms with Crippen LogP contribution in [0.2, 0.25) is 0 Å². The Morgan fingerprint density at radius 1 is 1.25 bits per heavy atom. The Bertz CT molecular complexity index is 398. The number of alkyl carbamates (subject to hydrolysis) is 1. The number of hydrogen-bond acceptors (Lipinski definition) is 3. The van der Waals surface area contributed by atoms with Gasteiger partial charge in [-0.05, 0) is 39.7 Å². The number of carbonyl (C=O) groups excluding carboxylic acids is 1. The molecule has 1 N–H and O–H groups in total. The molecule has 0 aromatic heterocycles. The summed E-state index contributed by atoms with van der Waals surface area (Å²) in [7, 11) is 0. The Labute approximate surface area is 121 Å². The lowest BCUT2D eigenvalue weighted by molar-refractivity contribution is 0.0490. The highest BCUT2D eigenvalue weighted by molar-refractivity contribution is 5.67. The van der Waals surface area contributed by atoms with Gasteiger partial charge in [-0.1, -0.05) is 30.3 Å². The predicted molar refractivity (Wildman–Crippen MR) is 79.5 cm³/mol. The van der Waals surface area contributed by atoms with Crippen LogP contribution in [-0.4, -0.2) is 24.3 Å². The van der Waals surface area contributed by atoms with E-state index in [4.69, 9.17) is 9.47 Å². The van der Waals surface area contributed by atoms with Gasteiger partial charge in [0, 0.05) is 12.6 Å². The van der Waals surface area contributed by atoms with Gasteiger partial charge in [0.2, 0.25) is 0 Å². The fourth-order valence-corrected chi connectivity index (χ4v) is 1.61. The normalized spacial score (nSPS) is 12.8. The molecule has 0 aliphatic carbocycles. The van der Waals surface area contributed by atoms with Crippen molar-refractivity contribution in [1.29, 1.82) is 0 Å². The van der Waals surface area contributed by atoms with Crippen LogP contribution < -0.4 is 5.32 Å². The average Bonchev–Trinajstić information content (AvgIpc) is 2.33. The van der Waals surface area contributed by atoms with E-state index in [-0.39, 0.29) is 12.1 Å². The molecule has 0 heterocycles. The van der Waals surface area contributed by atoms with Crippen molar-refractivity contribution in [2.24, 2.45) is 0 Å². The molecule has 0 bridgehead atoms. The minimum absolute atomic E-state index is 0.0284. The molecule has 4 nitrogen and oxygen atoms in total. The van der Waals surface area contributed by atoms with Gasteiger partial charge in [-0.3, -0.25) is 0 Å². The number of hydrogen-bond donors (Lipinski definition) is 1. The smallest absolute Gasteiger partial charge is 0.407 e. The molecule has 1 rings (SSSR count). The molecular weight excluding hydrogens is 254 g/mol. The summed E-state index contributed by atoms with van der Waals surface area (Å²) in [4.78, 5) is 11.5. The van der Waals surface area contributed by atoms with Gasteiger partial charge in [0.05, 0.1) is 6.61 Å². The molecule has 1 amide bonds. The fourth-order valence-electron chi connectivity index (χ4n) is 1.61. The van der Waals surface area contributed by atoms with Crippen molar-refractivity contribution in [3.8, 4) is 0 Å². The van der Waals surface area contributed by atoms with Crippen molar-refractivity contribution in [2.45, 2.75) is 52.4 Å². The van der Waals surface area contributed by atoms with E-state index in [0.29, 0.717) is 13.2 Å². The van der Waals surface area contributed by atoms with Gasteiger partial charge in [0.25, 0.3) is 0 Å². The first kappa shape index (κ1) is 16.5. The summed E-state index contributed by atoms with van der Waals surface area (Å²) in [6.07, 6.45) is 0.375. The standard InChI is InChI=1S/C16H25NO3/c1-13(17-15(18)20-16(2,3)4)10-11-19-12-14-8-6-5-7-9-14/h5-9,13H,10-12H2,1-4H3,(H,17,18). The molecule has 0 saturated heterocycles. The molecule has 0 saturated carbocycles. The highest BCUT2D eigenvalue weighted by atomic mass is 16.6. The molecule has 1 atom stereocenters. The summed E-state index contributed by atoms with van der Waals surface area (Å²) in [5.74, 6) is 0. The van der Waals surface area contributed by atoms with E-state index in [0.717, 1.165) is 12.0 Å². The number of ether oxygens (including phenoxy) is 2. The second kappa shape index (κ2) is 7.90. The zero-order valence-electron chi connectivity index (χ0n) is 12.8. The maximum Gasteiger partial charge on any atom is 0.407 e. The molecule has 1 unspecified atom stereocenters. The fraction of sp³-hybridized carbons (Fsp3) is 0.562. The molecule has 0 radical (unpaired) electrons. The second-order valence-electron chi connectivity index (χ2n) is 5.87. The molecule has 0 aliphatic rings. The largest absolute Gasteiger partial charge is 0.444 e. The van der Waals surface area contributed by atoms with Crippen LogP contribution in [0.4, 0.5) is 4.79 Å². The Balaban J connectivity index is 2.14. The maximum atomic E-state index is 11.5. The molecule has 20 heavy (non-hydrogen) atoms. The Kier molecular flexibility index (Phi) is 6.52. The summed E-state index contributed by atoms with van der Waals surface area (Å²) in [5.41, 5.74) is 0.688. The van der Waals surface area contributed by atoms with Crippen LogP contribution in [-0.2, 0) is 16.1 Å². The zero-order valence-corrected chi connectivity index (χ0v) is 12.8. The van der Waals surface area contributed by atoms with E-state index in [1.807, 2.05) is 58.0 Å². The summed E-state index contributed by atoms with van der Waals surface area (Å²) in [6.45, 7) is 8.68. The zero-order chi connectivity index (χ0) is 15.0. The quantitative estimate of drug-likeness (QED) is 0.811. The lowest BCUT2D eigenvalue weighted by Gasteiger charge is -2.21. The van der Waals surface area contributed by atoms with E-state index in [2.05, 4.69) is 5.32 Å². The van der Waals surface area contributed by atoms with Crippen LogP contribution in [0.25, 0.3) is 0 Å². The number of amides is 1. The van der Waals surface area contributed by atoms with Crippen molar-refractivity contribution < 1.29 is 14.3 Å². The van der Waals surface area contributed by atoms with Crippen LogP contribution in [0.3, 0.4) is 0 Å². The second-order valence-corrected chi connectivity index (χ2v) is 5.87. The van der Waals surface area contributed by atoms with Crippen molar-refractivity contribution >= 4 is 6.09 Å². The number of nitrogens with one attached hydrogen (secondary N) is 1. The van der Waals surface area contributed by atoms with E-state index in [1.54, 1.807) is 0 Å². The van der Waals surface area contributed by atoms with Gasteiger partial charge in [0.15, 0.2) is 0 Å². The molecule has 1 aromatic carbocycles. The summed E-state index contributed by atoms with van der Waals surface area (Å²) in [5, 5.41) is 2.79. The maximum absolute atomic E-state index is 11.5. The number of carbonyl (C=O) groups is 1. The van der Waals surface area contributed by atoms with E-state index in [9.17, 15) is 4.79 Å². The minimum Gasteiger partial charge on any atom is -0.444 e. The van der Waals surface area contributed by atoms with Crippen molar-refractivity contribution in [3.05, 3.63) is 35.9 Å². The third-order valence-electron chi connectivity index (χ3n) is 2.57. The number of rotatable bonds is 6. The van der Waals surface area contributed by atoms with Gasteiger partial charge in [-0.15, -0.1) is 0 Å². The van der Waals surface area contributed by atoms with Gasteiger partial charge < -0.3 is 14.8 Å². The van der Waals surface area contributed by atoms with Crippen molar-refractivity contribution in [2.75, 3.05) is 6.61 Å². The lowest BCUT2D eigenvalue weighted by atomic mass is 10.2. The van der Waals surface area contributed by atoms with Crippen LogP contribution in [0.5, 0.6) is 0 Å². The van der Waals surface area contributed by atoms with Crippen molar-refractivity contribution in [1.82, 2.24) is 5.32 Å². The van der Waals surface area contributed by atoms with Gasteiger partial charge in [-0.25, -0.2) is 4.79 Å². The van der Waals surface area contributed by atoms with E-state index in [1.165, 1.54) is 0 Å². The van der Waals surface area contributed by atoms with Crippen LogP contribution in [0.15, 0.2) is 30.3 Å². The summed E-state index contributed by atoms with van der Waals surface area (Å²) in [6, 6.07) is 10.1. The molecule has 0 aliphatic heterocycles. The van der Waals surface area contributed by atoms with Gasteiger partial charge >= 0.3 is 6.09 Å². The van der Waals surface area contributed by atoms with Gasteiger partial charge in [-0.2, -0.15) is 0 Å². The molecule has 112 valence electrons. The Hall–Kier alpha value is -1.55. The van der Waals surface area contributed by atoms with Crippen LogP contribution in [0.1, 0.15) is 39.7 Å². The summed E-state index contributed by atoms with van der Waals surface area (Å²) >= 11 is 0. The van der Waals surface area contributed by atoms with E-state index < -0.39 is 5.60 Å². The van der Waals surface area contributed by atoms with Gasteiger partial charge in [0.1, 0.15) is 5.60 Å². The third kappa shape index (κ3) is 7.79. The minimum atomic E-state index is -0.465. The highest BCUT2D eigenvalue weighted by Crippen LogP contribution is 2.07. The first-order chi connectivity index (χ1) is 9.37. The lowest BCUT2D eigenvalue weighted by Crippen LogP contribution is -2.38. The number of benzene rings is 1. The highest BCUT2D eigenvalue weighted by Gasteiger charge is 2.17. The third-order valence-corrected chi connectivity index (χ3v) is 2.57. The SMILES string of the molecule is CC(CCOCc1ccccc1)NC(=O)OC(C)(C)C. The molecule has 1 aromatic rings. The molecule has 4 heteroatoms. The molecule has 0 fully saturated rings. The van der Waals surface area contributed by atoms with Crippen LogP contribution in [0, 0.1) is 0 Å². The molecular formula is C16H25NO3. The average molecular weight is 279 g/mol. The predicted octanol–water partition coefficient (Wildman–Crippen LogP) is 3.51. The molecule has 0 spiro atoms. The first-order valence-corrected chi connectivity index (χ1v) is 6.98.